The summed E-state index contributed by atoms with van der Waals surface area (Å²) in [6.45, 7) is 0. The third kappa shape index (κ3) is 1.19. The number of hydrogen-bond donors (Lipinski definition) is 0. The van der Waals surface area contributed by atoms with Crippen LogP contribution in [0.4, 0.5) is 4.39 Å². The molecular formula is C17H15F. The monoisotopic (exact) mass is 238 g/mol. The van der Waals surface area contributed by atoms with Gasteiger partial charge in [0.15, 0.2) is 0 Å². The molecular weight excluding hydrogens is 223 g/mol. The zero-order valence-corrected chi connectivity index (χ0v) is 10.2. The highest BCUT2D eigenvalue weighted by Crippen LogP contribution is 2.73. The third-order valence-corrected chi connectivity index (χ3v) is 4.87. The average molecular weight is 238 g/mol. The molecule has 0 aliphatic heterocycles. The van der Waals surface area contributed by atoms with Gasteiger partial charge in [0.2, 0.25) is 0 Å². The molecule has 1 heteroatoms. The molecule has 2 bridgehead atoms. The van der Waals surface area contributed by atoms with Crippen LogP contribution in [0.2, 0.25) is 0 Å². The van der Waals surface area contributed by atoms with Crippen LogP contribution in [0.1, 0.15) is 30.4 Å². The van der Waals surface area contributed by atoms with Crippen molar-refractivity contribution in [3.8, 4) is 0 Å². The second-order valence-corrected chi connectivity index (χ2v) is 5.96. The SMILES string of the molecule is Fc1ccc(C23CC(c4ccccc4)(C2)C3)cc1. The molecule has 0 saturated heterocycles. The van der Waals surface area contributed by atoms with Gasteiger partial charge in [-0.15, -0.1) is 0 Å². The summed E-state index contributed by atoms with van der Waals surface area (Å²) in [6.07, 6.45) is 3.70. The lowest BCUT2D eigenvalue weighted by atomic mass is 9.32. The Morgan fingerprint density at radius 3 is 1.72 bits per heavy atom. The summed E-state index contributed by atoms with van der Waals surface area (Å²) >= 11 is 0. The standard InChI is InChI=1S/C17H15F/c18-15-8-6-14(7-9-15)17-10-16(11-17,12-17)13-4-2-1-3-5-13/h1-9H,10-12H2. The minimum absolute atomic E-state index is 0.136. The lowest BCUT2D eigenvalue weighted by Gasteiger charge is -2.71. The van der Waals surface area contributed by atoms with E-state index in [0.717, 1.165) is 0 Å². The van der Waals surface area contributed by atoms with Crippen molar-refractivity contribution in [3.63, 3.8) is 0 Å². The molecule has 2 aromatic rings. The van der Waals surface area contributed by atoms with E-state index in [1.165, 1.54) is 30.4 Å². The van der Waals surface area contributed by atoms with E-state index in [4.69, 9.17) is 0 Å². The van der Waals surface area contributed by atoms with E-state index in [2.05, 4.69) is 30.3 Å². The molecule has 90 valence electrons. The first kappa shape index (κ1) is 10.3. The van der Waals surface area contributed by atoms with E-state index in [1.807, 2.05) is 12.1 Å². The first-order chi connectivity index (χ1) is 8.73. The summed E-state index contributed by atoms with van der Waals surface area (Å²) in [4.78, 5) is 0. The molecule has 3 aliphatic rings. The van der Waals surface area contributed by atoms with E-state index in [1.54, 1.807) is 12.1 Å². The molecule has 5 rings (SSSR count). The second-order valence-electron chi connectivity index (χ2n) is 5.96. The van der Waals surface area contributed by atoms with Gasteiger partial charge in [0.05, 0.1) is 0 Å². The predicted molar refractivity (Wildman–Crippen MR) is 70.0 cm³/mol. The molecule has 0 nitrogen and oxygen atoms in total. The van der Waals surface area contributed by atoms with E-state index in [0.29, 0.717) is 10.8 Å². The molecule has 3 fully saturated rings. The lowest BCUT2D eigenvalue weighted by Crippen LogP contribution is -2.67. The van der Waals surface area contributed by atoms with Crippen LogP contribution in [0.5, 0.6) is 0 Å². The smallest absolute Gasteiger partial charge is 0.123 e. The number of hydrogen-bond acceptors (Lipinski definition) is 0. The quantitative estimate of drug-likeness (QED) is 0.735. The molecule has 0 amide bonds. The Kier molecular flexibility index (Phi) is 1.85. The van der Waals surface area contributed by atoms with Crippen molar-refractivity contribution in [2.45, 2.75) is 30.1 Å². The maximum absolute atomic E-state index is 12.9. The molecule has 2 aromatic carbocycles. The molecule has 18 heavy (non-hydrogen) atoms. The van der Waals surface area contributed by atoms with Gasteiger partial charge in [-0.1, -0.05) is 42.5 Å². The zero-order chi connectivity index (χ0) is 12.2. The zero-order valence-electron chi connectivity index (χ0n) is 10.2. The topological polar surface area (TPSA) is 0 Å². The largest absolute Gasteiger partial charge is 0.207 e. The van der Waals surface area contributed by atoms with Crippen LogP contribution in [0.15, 0.2) is 54.6 Å². The molecule has 3 aliphatic carbocycles. The van der Waals surface area contributed by atoms with Crippen molar-refractivity contribution in [1.29, 1.82) is 0 Å². The van der Waals surface area contributed by atoms with Crippen molar-refractivity contribution in [3.05, 3.63) is 71.5 Å². The average Bonchev–Trinajstić information content (AvgIpc) is 2.30. The van der Waals surface area contributed by atoms with Gasteiger partial charge in [-0.2, -0.15) is 0 Å². The molecule has 0 atom stereocenters. The Bertz CT molecular complexity index is 563. The van der Waals surface area contributed by atoms with Gasteiger partial charge >= 0.3 is 0 Å². The molecule has 0 radical (unpaired) electrons. The number of halogens is 1. The predicted octanol–water partition coefficient (Wildman–Crippen LogP) is 4.20. The van der Waals surface area contributed by atoms with Crippen LogP contribution in [0, 0.1) is 5.82 Å². The molecule has 0 spiro atoms. The minimum Gasteiger partial charge on any atom is -0.207 e. The van der Waals surface area contributed by atoms with Gasteiger partial charge in [-0.3, -0.25) is 0 Å². The van der Waals surface area contributed by atoms with E-state index in [-0.39, 0.29) is 5.82 Å². The molecule has 0 N–H and O–H groups in total. The van der Waals surface area contributed by atoms with Gasteiger partial charge in [-0.25, -0.2) is 4.39 Å². The highest BCUT2D eigenvalue weighted by atomic mass is 19.1. The Morgan fingerprint density at radius 1 is 0.667 bits per heavy atom. The minimum atomic E-state index is -0.136. The molecule has 0 heterocycles. The first-order valence-electron chi connectivity index (χ1n) is 6.54. The van der Waals surface area contributed by atoms with Crippen molar-refractivity contribution >= 4 is 0 Å². The summed E-state index contributed by atoms with van der Waals surface area (Å²) in [5.74, 6) is -0.136. The van der Waals surface area contributed by atoms with Gasteiger partial charge in [0.25, 0.3) is 0 Å². The third-order valence-electron chi connectivity index (χ3n) is 4.87. The van der Waals surface area contributed by atoms with Crippen LogP contribution >= 0.6 is 0 Å². The fourth-order valence-corrected chi connectivity index (χ4v) is 4.00. The van der Waals surface area contributed by atoms with Crippen LogP contribution < -0.4 is 0 Å². The number of rotatable bonds is 2. The Morgan fingerprint density at radius 2 is 1.17 bits per heavy atom. The van der Waals surface area contributed by atoms with Gasteiger partial charge in [0, 0.05) is 0 Å². The van der Waals surface area contributed by atoms with Gasteiger partial charge < -0.3 is 0 Å². The van der Waals surface area contributed by atoms with Crippen molar-refractivity contribution in [2.75, 3.05) is 0 Å². The summed E-state index contributed by atoms with van der Waals surface area (Å²) < 4.78 is 12.9. The van der Waals surface area contributed by atoms with Crippen LogP contribution in [-0.4, -0.2) is 0 Å². The van der Waals surface area contributed by atoms with Crippen molar-refractivity contribution in [2.24, 2.45) is 0 Å². The van der Waals surface area contributed by atoms with Gasteiger partial charge in [-0.05, 0) is 53.4 Å². The van der Waals surface area contributed by atoms with Crippen LogP contribution in [0.25, 0.3) is 0 Å². The summed E-state index contributed by atoms with van der Waals surface area (Å²) in [7, 11) is 0. The van der Waals surface area contributed by atoms with Crippen molar-refractivity contribution < 1.29 is 4.39 Å². The summed E-state index contributed by atoms with van der Waals surface area (Å²) in [6, 6.07) is 17.9. The van der Waals surface area contributed by atoms with E-state index < -0.39 is 0 Å². The second kappa shape index (κ2) is 3.23. The van der Waals surface area contributed by atoms with Crippen molar-refractivity contribution in [1.82, 2.24) is 0 Å². The molecule has 3 saturated carbocycles. The van der Waals surface area contributed by atoms with Crippen LogP contribution in [-0.2, 0) is 10.8 Å². The lowest BCUT2D eigenvalue weighted by molar-refractivity contribution is -0.0693. The highest BCUT2D eigenvalue weighted by molar-refractivity contribution is 5.48. The Labute approximate surface area is 106 Å². The normalized spacial score (nSPS) is 32.5. The van der Waals surface area contributed by atoms with E-state index in [9.17, 15) is 4.39 Å². The highest BCUT2D eigenvalue weighted by Gasteiger charge is 2.68. The van der Waals surface area contributed by atoms with E-state index >= 15 is 0 Å². The van der Waals surface area contributed by atoms with Crippen LogP contribution in [0.3, 0.4) is 0 Å². The Hall–Kier alpha value is -1.63. The number of benzene rings is 2. The Balaban J connectivity index is 1.59. The fourth-order valence-electron chi connectivity index (χ4n) is 4.00. The molecule has 0 unspecified atom stereocenters. The maximum Gasteiger partial charge on any atom is 0.123 e. The van der Waals surface area contributed by atoms with Gasteiger partial charge in [0.1, 0.15) is 5.82 Å². The fraction of sp³-hybridized carbons (Fsp3) is 0.294. The first-order valence-corrected chi connectivity index (χ1v) is 6.54. The molecule has 0 aromatic heterocycles. The summed E-state index contributed by atoms with van der Waals surface area (Å²) in [5, 5.41) is 0. The maximum atomic E-state index is 12.9. The summed E-state index contributed by atoms with van der Waals surface area (Å²) in [5.41, 5.74) is 3.58.